The van der Waals surface area contributed by atoms with E-state index < -0.39 is 0 Å². The SMILES string of the molecule is Cc1c(C=NNC(=O)COc2ccccc2-c2ccccc2)c2ccccc2n1Cc1ccccc1. The highest BCUT2D eigenvalue weighted by Crippen LogP contribution is 2.29. The zero-order chi connectivity index (χ0) is 24.7. The van der Waals surface area contributed by atoms with Crippen LogP contribution in [0.1, 0.15) is 16.8 Å². The van der Waals surface area contributed by atoms with Crippen molar-refractivity contribution in [3.8, 4) is 16.9 Å². The lowest BCUT2D eigenvalue weighted by atomic mass is 10.1. The fourth-order valence-electron chi connectivity index (χ4n) is 4.38. The van der Waals surface area contributed by atoms with Gasteiger partial charge in [-0.3, -0.25) is 4.79 Å². The summed E-state index contributed by atoms with van der Waals surface area (Å²) in [5, 5.41) is 5.34. The van der Waals surface area contributed by atoms with E-state index in [2.05, 4.69) is 58.4 Å². The lowest BCUT2D eigenvalue weighted by molar-refractivity contribution is -0.123. The molecule has 0 aliphatic rings. The van der Waals surface area contributed by atoms with Crippen molar-refractivity contribution in [2.45, 2.75) is 13.5 Å². The lowest BCUT2D eigenvalue weighted by Crippen LogP contribution is -2.24. The molecule has 0 radical (unpaired) electrons. The average molecular weight is 474 g/mol. The number of carbonyl (C=O) groups excluding carboxylic acids is 1. The van der Waals surface area contributed by atoms with Gasteiger partial charge in [0, 0.05) is 34.3 Å². The molecule has 0 aliphatic carbocycles. The Morgan fingerprint density at radius 3 is 2.33 bits per heavy atom. The number of hydrogen-bond donors (Lipinski definition) is 1. The van der Waals surface area contributed by atoms with Crippen molar-refractivity contribution in [3.63, 3.8) is 0 Å². The second-order valence-corrected chi connectivity index (χ2v) is 8.53. The fourth-order valence-corrected chi connectivity index (χ4v) is 4.38. The van der Waals surface area contributed by atoms with Gasteiger partial charge in [0.05, 0.1) is 6.21 Å². The predicted octanol–water partition coefficient (Wildman–Crippen LogP) is 6.19. The predicted molar refractivity (Wildman–Crippen MR) is 145 cm³/mol. The number of para-hydroxylation sites is 2. The second-order valence-electron chi connectivity index (χ2n) is 8.53. The number of hydrogen-bond acceptors (Lipinski definition) is 3. The van der Waals surface area contributed by atoms with Gasteiger partial charge in [0.1, 0.15) is 5.75 Å². The van der Waals surface area contributed by atoms with Crippen LogP contribution in [0, 0.1) is 6.92 Å². The number of carbonyl (C=O) groups is 1. The molecular formula is C31H27N3O2. The van der Waals surface area contributed by atoms with Gasteiger partial charge < -0.3 is 9.30 Å². The molecule has 5 aromatic rings. The van der Waals surface area contributed by atoms with Crippen LogP contribution in [0.2, 0.25) is 0 Å². The van der Waals surface area contributed by atoms with E-state index >= 15 is 0 Å². The van der Waals surface area contributed by atoms with Crippen molar-refractivity contribution in [3.05, 3.63) is 126 Å². The summed E-state index contributed by atoms with van der Waals surface area (Å²) < 4.78 is 8.11. The number of benzene rings is 4. The minimum Gasteiger partial charge on any atom is -0.483 e. The molecular weight excluding hydrogens is 446 g/mol. The van der Waals surface area contributed by atoms with Crippen molar-refractivity contribution < 1.29 is 9.53 Å². The summed E-state index contributed by atoms with van der Waals surface area (Å²) in [6, 6.07) is 36.3. The van der Waals surface area contributed by atoms with Crippen LogP contribution < -0.4 is 10.2 Å². The Morgan fingerprint density at radius 1 is 0.861 bits per heavy atom. The first-order chi connectivity index (χ1) is 17.7. The normalized spacial score (nSPS) is 11.1. The minimum atomic E-state index is -0.320. The van der Waals surface area contributed by atoms with E-state index in [9.17, 15) is 4.79 Å². The van der Waals surface area contributed by atoms with E-state index in [1.54, 1.807) is 6.21 Å². The van der Waals surface area contributed by atoms with Crippen molar-refractivity contribution >= 4 is 23.0 Å². The van der Waals surface area contributed by atoms with Crippen LogP contribution in [0.25, 0.3) is 22.0 Å². The number of nitrogens with zero attached hydrogens (tertiary/aromatic N) is 2. The van der Waals surface area contributed by atoms with Crippen molar-refractivity contribution in [2.24, 2.45) is 5.10 Å². The average Bonchev–Trinajstić information content (AvgIpc) is 3.19. The molecule has 1 aromatic heterocycles. The fraction of sp³-hybridized carbons (Fsp3) is 0.0968. The smallest absolute Gasteiger partial charge is 0.277 e. The van der Waals surface area contributed by atoms with Crippen molar-refractivity contribution in [1.29, 1.82) is 0 Å². The first kappa shape index (κ1) is 23.1. The summed E-state index contributed by atoms with van der Waals surface area (Å²) in [4.78, 5) is 12.5. The van der Waals surface area contributed by atoms with E-state index in [0.29, 0.717) is 5.75 Å². The third-order valence-corrected chi connectivity index (χ3v) is 6.18. The highest BCUT2D eigenvalue weighted by molar-refractivity contribution is 6.01. The number of fused-ring (bicyclic) bond motifs is 1. The molecule has 1 heterocycles. The second kappa shape index (κ2) is 10.7. The highest BCUT2D eigenvalue weighted by atomic mass is 16.5. The van der Waals surface area contributed by atoms with Gasteiger partial charge in [0.15, 0.2) is 6.61 Å². The van der Waals surface area contributed by atoms with Crippen molar-refractivity contribution in [2.75, 3.05) is 6.61 Å². The molecule has 178 valence electrons. The third kappa shape index (κ3) is 5.05. The van der Waals surface area contributed by atoms with E-state index in [-0.39, 0.29) is 12.5 Å². The zero-order valence-corrected chi connectivity index (χ0v) is 20.1. The van der Waals surface area contributed by atoms with Gasteiger partial charge in [-0.25, -0.2) is 5.43 Å². The Labute approximate surface area is 210 Å². The number of nitrogens with one attached hydrogen (secondary N) is 1. The van der Waals surface area contributed by atoms with Crippen LogP contribution in [0.5, 0.6) is 5.75 Å². The number of ether oxygens (including phenoxy) is 1. The molecule has 0 fully saturated rings. The number of hydrazone groups is 1. The van der Waals surface area contributed by atoms with Crippen LogP contribution in [0.4, 0.5) is 0 Å². The van der Waals surface area contributed by atoms with Crippen LogP contribution in [0.3, 0.4) is 0 Å². The zero-order valence-electron chi connectivity index (χ0n) is 20.1. The number of amides is 1. The van der Waals surface area contributed by atoms with Crippen LogP contribution in [-0.4, -0.2) is 23.3 Å². The molecule has 0 bridgehead atoms. The summed E-state index contributed by atoms with van der Waals surface area (Å²) in [5.74, 6) is 0.336. The van der Waals surface area contributed by atoms with Gasteiger partial charge in [-0.1, -0.05) is 97.1 Å². The molecule has 0 atom stereocenters. The Kier molecular flexibility index (Phi) is 6.90. The topological polar surface area (TPSA) is 55.6 Å². The summed E-state index contributed by atoms with van der Waals surface area (Å²) >= 11 is 0. The first-order valence-electron chi connectivity index (χ1n) is 11.9. The number of rotatable bonds is 8. The van der Waals surface area contributed by atoms with Gasteiger partial charge in [-0.2, -0.15) is 5.10 Å². The minimum absolute atomic E-state index is 0.129. The monoisotopic (exact) mass is 473 g/mol. The quantitative estimate of drug-likeness (QED) is 0.216. The Hall–Kier alpha value is -4.64. The Bertz CT molecular complexity index is 1510. The van der Waals surface area contributed by atoms with Gasteiger partial charge in [0.2, 0.25) is 0 Å². The molecule has 36 heavy (non-hydrogen) atoms. The maximum absolute atomic E-state index is 12.5. The first-order valence-corrected chi connectivity index (χ1v) is 11.9. The molecule has 4 aromatic carbocycles. The largest absolute Gasteiger partial charge is 0.483 e. The Morgan fingerprint density at radius 2 is 1.53 bits per heavy atom. The van der Waals surface area contributed by atoms with Crippen LogP contribution >= 0.6 is 0 Å². The molecule has 5 rings (SSSR count). The molecule has 0 saturated heterocycles. The van der Waals surface area contributed by atoms with E-state index in [1.165, 1.54) is 5.56 Å². The third-order valence-electron chi connectivity index (χ3n) is 6.18. The highest BCUT2D eigenvalue weighted by Gasteiger charge is 2.13. The lowest BCUT2D eigenvalue weighted by Gasteiger charge is -2.11. The Balaban J connectivity index is 1.28. The molecule has 0 spiro atoms. The maximum atomic E-state index is 12.5. The maximum Gasteiger partial charge on any atom is 0.277 e. The van der Waals surface area contributed by atoms with Gasteiger partial charge in [0.25, 0.3) is 5.91 Å². The summed E-state index contributed by atoms with van der Waals surface area (Å²) in [6.45, 7) is 2.72. The molecule has 1 N–H and O–H groups in total. The molecule has 0 saturated carbocycles. The number of aromatic nitrogens is 1. The molecule has 0 unspecified atom stereocenters. The molecule has 1 amide bonds. The molecule has 0 aliphatic heterocycles. The van der Waals surface area contributed by atoms with Gasteiger partial charge in [-0.15, -0.1) is 0 Å². The standard InChI is InChI=1S/C31H27N3O2/c1-23-28(27-17-8-10-18-29(27)34(23)21-24-12-4-2-5-13-24)20-32-33-31(35)22-36-30-19-11-9-16-26(30)25-14-6-3-7-15-25/h2-20H,21-22H2,1H3,(H,33,35). The molecule has 5 heteroatoms. The van der Waals surface area contributed by atoms with E-state index in [4.69, 9.17) is 4.74 Å². The van der Waals surface area contributed by atoms with E-state index in [0.717, 1.165) is 39.8 Å². The van der Waals surface area contributed by atoms with Crippen LogP contribution in [-0.2, 0) is 11.3 Å². The van der Waals surface area contributed by atoms with Crippen molar-refractivity contribution in [1.82, 2.24) is 9.99 Å². The van der Waals surface area contributed by atoms with Crippen LogP contribution in [0.15, 0.2) is 114 Å². The van der Waals surface area contributed by atoms with Gasteiger partial charge in [-0.05, 0) is 30.2 Å². The molecule has 5 nitrogen and oxygen atoms in total. The summed E-state index contributed by atoms with van der Waals surface area (Å²) in [5.41, 5.74) is 9.02. The summed E-state index contributed by atoms with van der Waals surface area (Å²) in [7, 11) is 0. The summed E-state index contributed by atoms with van der Waals surface area (Å²) in [6.07, 6.45) is 1.72. The van der Waals surface area contributed by atoms with Gasteiger partial charge >= 0.3 is 0 Å². The van der Waals surface area contributed by atoms with E-state index in [1.807, 2.05) is 72.8 Å².